The first-order chi connectivity index (χ1) is 16.3. The van der Waals surface area contributed by atoms with E-state index in [2.05, 4.69) is 17.6 Å². The maximum atomic E-state index is 13.1. The number of anilines is 3. The van der Waals surface area contributed by atoms with E-state index in [1.54, 1.807) is 30.3 Å². The summed E-state index contributed by atoms with van der Waals surface area (Å²) in [5, 5.41) is 5.60. The standard InChI is InChI=1S/C27H24ClN3O3/c1-4-18-10-12-20(13-11-18)30-25(32)19-6-5-7-21(15-19)29-24-23(28)26(33)31(27(24)34)22-14-16(2)8-9-17(22)3/h5-15,29H,4H2,1-3H3,(H,30,32). The van der Waals surface area contributed by atoms with Crippen LogP contribution in [0, 0.1) is 13.8 Å². The van der Waals surface area contributed by atoms with E-state index in [-0.39, 0.29) is 16.6 Å². The van der Waals surface area contributed by atoms with Crippen molar-refractivity contribution >= 4 is 46.4 Å². The van der Waals surface area contributed by atoms with Crippen LogP contribution in [0.25, 0.3) is 0 Å². The highest BCUT2D eigenvalue weighted by Gasteiger charge is 2.39. The van der Waals surface area contributed by atoms with E-state index in [1.807, 2.05) is 50.2 Å². The number of imide groups is 1. The highest BCUT2D eigenvalue weighted by molar-refractivity contribution is 6.53. The molecule has 0 bridgehead atoms. The molecule has 1 aliphatic rings. The van der Waals surface area contributed by atoms with Gasteiger partial charge in [-0.2, -0.15) is 0 Å². The van der Waals surface area contributed by atoms with Crippen LogP contribution in [0.4, 0.5) is 17.1 Å². The van der Waals surface area contributed by atoms with Gasteiger partial charge >= 0.3 is 0 Å². The van der Waals surface area contributed by atoms with Gasteiger partial charge in [-0.25, -0.2) is 4.90 Å². The molecule has 0 fully saturated rings. The van der Waals surface area contributed by atoms with Crippen LogP contribution in [0.1, 0.15) is 34.0 Å². The van der Waals surface area contributed by atoms with E-state index in [0.717, 1.165) is 22.4 Å². The minimum atomic E-state index is -0.590. The third-order valence-corrected chi connectivity index (χ3v) is 6.00. The fraction of sp³-hybridized carbons (Fsp3) is 0.148. The Bertz CT molecular complexity index is 1330. The molecule has 172 valence electrons. The molecule has 3 aromatic rings. The maximum absolute atomic E-state index is 13.1. The normalized spacial score (nSPS) is 13.5. The molecule has 7 heteroatoms. The Labute approximate surface area is 203 Å². The Morgan fingerprint density at radius 2 is 1.65 bits per heavy atom. The number of hydrogen-bond acceptors (Lipinski definition) is 4. The molecule has 6 nitrogen and oxygen atoms in total. The smallest absolute Gasteiger partial charge is 0.283 e. The fourth-order valence-corrected chi connectivity index (χ4v) is 3.91. The average molecular weight is 474 g/mol. The van der Waals surface area contributed by atoms with Gasteiger partial charge in [-0.05, 0) is 73.4 Å². The predicted molar refractivity (Wildman–Crippen MR) is 135 cm³/mol. The van der Waals surface area contributed by atoms with Crippen molar-refractivity contribution in [2.45, 2.75) is 27.2 Å². The van der Waals surface area contributed by atoms with Crippen molar-refractivity contribution in [1.29, 1.82) is 0 Å². The molecule has 0 atom stereocenters. The van der Waals surface area contributed by atoms with Crippen LogP contribution in [-0.4, -0.2) is 17.7 Å². The van der Waals surface area contributed by atoms with Crippen LogP contribution in [0.15, 0.2) is 77.5 Å². The highest BCUT2D eigenvalue weighted by Crippen LogP contribution is 2.32. The quantitative estimate of drug-likeness (QED) is 0.460. The molecule has 0 radical (unpaired) electrons. The summed E-state index contributed by atoms with van der Waals surface area (Å²) in [4.78, 5) is 39.8. The molecule has 34 heavy (non-hydrogen) atoms. The maximum Gasteiger partial charge on any atom is 0.283 e. The second-order valence-corrected chi connectivity index (χ2v) is 8.51. The molecule has 0 spiro atoms. The minimum absolute atomic E-state index is 0.0275. The molecule has 0 aromatic heterocycles. The molecule has 4 rings (SSSR count). The predicted octanol–water partition coefficient (Wildman–Crippen LogP) is 5.55. The Balaban J connectivity index is 1.54. The first-order valence-electron chi connectivity index (χ1n) is 10.9. The lowest BCUT2D eigenvalue weighted by molar-refractivity contribution is -0.120. The number of benzene rings is 3. The minimum Gasteiger partial charge on any atom is -0.350 e. The van der Waals surface area contributed by atoms with Gasteiger partial charge in [0.1, 0.15) is 10.7 Å². The van der Waals surface area contributed by atoms with Crippen molar-refractivity contribution in [3.05, 3.63) is 99.7 Å². The van der Waals surface area contributed by atoms with Gasteiger partial charge in [-0.1, -0.05) is 48.9 Å². The fourth-order valence-electron chi connectivity index (χ4n) is 3.70. The Morgan fingerprint density at radius 1 is 0.912 bits per heavy atom. The van der Waals surface area contributed by atoms with E-state index >= 15 is 0 Å². The van der Waals surface area contributed by atoms with Gasteiger partial charge in [0.05, 0.1) is 5.69 Å². The van der Waals surface area contributed by atoms with Crippen molar-refractivity contribution in [3.63, 3.8) is 0 Å². The number of rotatable bonds is 6. The first kappa shape index (κ1) is 23.3. The van der Waals surface area contributed by atoms with Crippen LogP contribution < -0.4 is 15.5 Å². The van der Waals surface area contributed by atoms with Crippen molar-refractivity contribution in [1.82, 2.24) is 0 Å². The van der Waals surface area contributed by atoms with Crippen LogP contribution >= 0.6 is 11.6 Å². The molecule has 3 amide bonds. The van der Waals surface area contributed by atoms with Crippen LogP contribution in [-0.2, 0) is 16.0 Å². The van der Waals surface area contributed by atoms with E-state index in [1.165, 1.54) is 5.56 Å². The molecule has 0 unspecified atom stereocenters. The Hall–Kier alpha value is -3.90. The number of nitrogens with zero attached hydrogens (tertiary/aromatic N) is 1. The van der Waals surface area contributed by atoms with Crippen molar-refractivity contribution in [2.75, 3.05) is 15.5 Å². The zero-order valence-corrected chi connectivity index (χ0v) is 19.9. The topological polar surface area (TPSA) is 78.5 Å². The van der Waals surface area contributed by atoms with Crippen molar-refractivity contribution in [2.24, 2.45) is 0 Å². The van der Waals surface area contributed by atoms with E-state index in [9.17, 15) is 14.4 Å². The molecule has 3 aromatic carbocycles. The second-order valence-electron chi connectivity index (χ2n) is 8.14. The van der Waals surface area contributed by atoms with Gasteiger partial charge in [0.15, 0.2) is 0 Å². The monoisotopic (exact) mass is 473 g/mol. The zero-order valence-electron chi connectivity index (χ0n) is 19.1. The summed E-state index contributed by atoms with van der Waals surface area (Å²) in [6, 6.07) is 19.8. The van der Waals surface area contributed by atoms with Crippen molar-refractivity contribution in [3.8, 4) is 0 Å². The van der Waals surface area contributed by atoms with Crippen LogP contribution in [0.5, 0.6) is 0 Å². The number of hydrogen-bond donors (Lipinski definition) is 2. The van der Waals surface area contributed by atoms with Crippen LogP contribution in [0.2, 0.25) is 0 Å². The van der Waals surface area contributed by atoms with Gasteiger partial charge in [-0.15, -0.1) is 0 Å². The molecule has 0 saturated carbocycles. The van der Waals surface area contributed by atoms with Gasteiger partial charge in [0.25, 0.3) is 17.7 Å². The number of halogens is 1. The Kier molecular flexibility index (Phi) is 6.52. The summed E-state index contributed by atoms with van der Waals surface area (Å²) in [7, 11) is 0. The summed E-state index contributed by atoms with van der Waals surface area (Å²) in [5.41, 5.74) is 4.89. The molecule has 1 heterocycles. The number of amides is 3. The summed E-state index contributed by atoms with van der Waals surface area (Å²) in [6.07, 6.45) is 0.919. The second kappa shape index (κ2) is 9.53. The Morgan fingerprint density at radius 3 is 2.35 bits per heavy atom. The summed E-state index contributed by atoms with van der Waals surface area (Å²) in [5.74, 6) is -1.43. The van der Waals surface area contributed by atoms with E-state index < -0.39 is 11.8 Å². The summed E-state index contributed by atoms with van der Waals surface area (Å²) in [6.45, 7) is 5.78. The van der Waals surface area contributed by atoms with Gasteiger partial charge < -0.3 is 10.6 Å². The number of nitrogens with one attached hydrogen (secondary N) is 2. The average Bonchev–Trinajstić information content (AvgIpc) is 3.04. The van der Waals surface area contributed by atoms with Gasteiger partial charge in [0, 0.05) is 16.9 Å². The number of aryl methyl sites for hydroxylation is 3. The highest BCUT2D eigenvalue weighted by atomic mass is 35.5. The first-order valence-corrected chi connectivity index (χ1v) is 11.3. The molecular formula is C27H24ClN3O3. The number of carbonyl (C=O) groups is 3. The molecule has 0 saturated heterocycles. The molecule has 1 aliphatic heterocycles. The molecule has 0 aliphatic carbocycles. The third-order valence-electron chi connectivity index (χ3n) is 5.65. The largest absolute Gasteiger partial charge is 0.350 e. The lowest BCUT2D eigenvalue weighted by Crippen LogP contribution is -2.33. The molecular weight excluding hydrogens is 450 g/mol. The third kappa shape index (κ3) is 4.58. The zero-order chi connectivity index (χ0) is 24.4. The van der Waals surface area contributed by atoms with Crippen LogP contribution in [0.3, 0.4) is 0 Å². The van der Waals surface area contributed by atoms with Gasteiger partial charge in [-0.3, -0.25) is 14.4 Å². The molecule has 2 N–H and O–H groups in total. The van der Waals surface area contributed by atoms with E-state index in [0.29, 0.717) is 22.6 Å². The number of carbonyl (C=O) groups excluding carboxylic acids is 3. The lowest BCUT2D eigenvalue weighted by Gasteiger charge is -2.18. The van der Waals surface area contributed by atoms with E-state index in [4.69, 9.17) is 11.6 Å². The summed E-state index contributed by atoms with van der Waals surface area (Å²) >= 11 is 6.27. The summed E-state index contributed by atoms with van der Waals surface area (Å²) < 4.78 is 0. The van der Waals surface area contributed by atoms with Crippen molar-refractivity contribution < 1.29 is 14.4 Å². The lowest BCUT2D eigenvalue weighted by atomic mass is 10.1. The SMILES string of the molecule is CCc1ccc(NC(=O)c2cccc(NC3=C(Cl)C(=O)N(c4cc(C)ccc4C)C3=O)c2)cc1. The van der Waals surface area contributed by atoms with Gasteiger partial charge in [0.2, 0.25) is 0 Å².